The Labute approximate surface area is 205 Å². The Morgan fingerprint density at radius 3 is 2.56 bits per heavy atom. The minimum absolute atomic E-state index is 0.700. The third kappa shape index (κ3) is 4.44. The smallest absolute Gasteiger partial charge is 0.0562 e. The molecule has 0 spiro atoms. The number of halogens is 1. The molecule has 0 aliphatic heterocycles. The number of nitrogens with zero attached hydrogens (tertiary/aromatic N) is 2. The average molecular weight is 466 g/mol. The molecule has 1 heterocycles. The van der Waals surface area contributed by atoms with Crippen LogP contribution in [0.1, 0.15) is 22.4 Å². The van der Waals surface area contributed by atoms with E-state index in [9.17, 15) is 0 Å². The third-order valence-electron chi connectivity index (χ3n) is 6.38. The van der Waals surface area contributed by atoms with E-state index in [0.717, 1.165) is 29.4 Å². The Bertz CT molecular complexity index is 1490. The number of aryl methyl sites for hydroxylation is 1. The lowest BCUT2D eigenvalue weighted by Gasteiger charge is -2.10. The highest BCUT2D eigenvalue weighted by Crippen LogP contribution is 2.28. The van der Waals surface area contributed by atoms with Gasteiger partial charge in [0.15, 0.2) is 0 Å². The molecular weight excluding hydrogens is 438 g/mol. The standard InChI is InChI=1S/C30H28ClN3/c1-21-14-15-30-26(18-21)27(22(2)34(30)20-24-9-4-6-12-28(24)31)19-32-16-17-33-29-13-7-10-23-8-3-5-11-25(23)29/h3-15,18-19,33H,16-17,20H2,1-2H3. The predicted molar refractivity (Wildman–Crippen MR) is 147 cm³/mol. The Kier molecular flexibility index (Phi) is 6.37. The van der Waals surface area contributed by atoms with Crippen LogP contribution >= 0.6 is 11.6 Å². The Hall–Kier alpha value is -3.56. The van der Waals surface area contributed by atoms with E-state index in [1.807, 2.05) is 24.4 Å². The first-order valence-electron chi connectivity index (χ1n) is 11.7. The SMILES string of the molecule is Cc1ccc2c(c1)c(C=NCCNc1cccc3ccccc13)c(C)n2Cc1ccccc1Cl. The van der Waals surface area contributed by atoms with Gasteiger partial charge in [0.1, 0.15) is 0 Å². The van der Waals surface area contributed by atoms with Gasteiger partial charge in [-0.25, -0.2) is 0 Å². The number of aromatic nitrogens is 1. The highest BCUT2D eigenvalue weighted by atomic mass is 35.5. The summed E-state index contributed by atoms with van der Waals surface area (Å²) in [6, 6.07) is 29.5. The lowest BCUT2D eigenvalue weighted by Crippen LogP contribution is -2.05. The molecule has 0 fully saturated rings. The largest absolute Gasteiger partial charge is 0.383 e. The highest BCUT2D eigenvalue weighted by Gasteiger charge is 2.14. The molecular formula is C30H28ClN3. The first-order valence-corrected chi connectivity index (χ1v) is 12.0. The van der Waals surface area contributed by atoms with Crippen molar-refractivity contribution in [2.75, 3.05) is 18.4 Å². The van der Waals surface area contributed by atoms with Gasteiger partial charge >= 0.3 is 0 Å². The summed E-state index contributed by atoms with van der Waals surface area (Å²) in [6.07, 6.45) is 2.03. The van der Waals surface area contributed by atoms with E-state index < -0.39 is 0 Å². The number of anilines is 1. The van der Waals surface area contributed by atoms with Crippen LogP contribution in [0, 0.1) is 13.8 Å². The number of hydrogen-bond donors (Lipinski definition) is 1. The molecule has 34 heavy (non-hydrogen) atoms. The van der Waals surface area contributed by atoms with Crippen LogP contribution in [0.25, 0.3) is 21.7 Å². The molecule has 0 radical (unpaired) electrons. The van der Waals surface area contributed by atoms with Gasteiger partial charge in [-0.05, 0) is 49.1 Å². The number of fused-ring (bicyclic) bond motifs is 2. The summed E-state index contributed by atoms with van der Waals surface area (Å²) in [7, 11) is 0. The van der Waals surface area contributed by atoms with E-state index in [2.05, 4.69) is 90.5 Å². The van der Waals surface area contributed by atoms with Gasteiger partial charge in [0.05, 0.1) is 6.54 Å². The summed E-state index contributed by atoms with van der Waals surface area (Å²) in [5.41, 5.74) is 7.10. The summed E-state index contributed by atoms with van der Waals surface area (Å²) in [5.74, 6) is 0. The molecule has 0 unspecified atom stereocenters. The molecule has 4 heteroatoms. The van der Waals surface area contributed by atoms with Crippen molar-refractivity contribution in [2.24, 2.45) is 4.99 Å². The number of nitrogens with one attached hydrogen (secondary N) is 1. The van der Waals surface area contributed by atoms with Gasteiger partial charge in [-0.2, -0.15) is 0 Å². The van der Waals surface area contributed by atoms with Gasteiger partial charge in [0.25, 0.3) is 0 Å². The molecule has 1 aromatic heterocycles. The van der Waals surface area contributed by atoms with E-state index in [1.165, 1.54) is 38.5 Å². The molecule has 170 valence electrons. The van der Waals surface area contributed by atoms with Crippen LogP contribution in [0.4, 0.5) is 5.69 Å². The Balaban J connectivity index is 1.37. The Morgan fingerprint density at radius 1 is 0.882 bits per heavy atom. The van der Waals surface area contributed by atoms with Crippen LogP contribution in [0.3, 0.4) is 0 Å². The van der Waals surface area contributed by atoms with E-state index >= 15 is 0 Å². The molecule has 0 saturated carbocycles. The predicted octanol–water partition coefficient (Wildman–Crippen LogP) is 7.64. The van der Waals surface area contributed by atoms with Crippen LogP contribution in [0.15, 0.2) is 89.9 Å². The third-order valence-corrected chi connectivity index (χ3v) is 6.75. The van der Waals surface area contributed by atoms with E-state index in [-0.39, 0.29) is 0 Å². The molecule has 5 aromatic rings. The maximum atomic E-state index is 6.47. The molecule has 0 aliphatic rings. The lowest BCUT2D eigenvalue weighted by atomic mass is 10.1. The van der Waals surface area contributed by atoms with Crippen molar-refractivity contribution in [3.05, 3.63) is 112 Å². The molecule has 3 nitrogen and oxygen atoms in total. The summed E-state index contributed by atoms with van der Waals surface area (Å²) in [4.78, 5) is 4.79. The van der Waals surface area contributed by atoms with Crippen molar-refractivity contribution < 1.29 is 0 Å². The van der Waals surface area contributed by atoms with Crippen molar-refractivity contribution in [3.63, 3.8) is 0 Å². The average Bonchev–Trinajstić information content (AvgIpc) is 3.10. The molecule has 5 rings (SSSR count). The maximum absolute atomic E-state index is 6.47. The van der Waals surface area contributed by atoms with Crippen LogP contribution in [0.5, 0.6) is 0 Å². The number of hydrogen-bond acceptors (Lipinski definition) is 2. The van der Waals surface area contributed by atoms with Gasteiger partial charge in [0, 0.05) is 57.6 Å². The van der Waals surface area contributed by atoms with Crippen LogP contribution in [-0.2, 0) is 6.54 Å². The summed E-state index contributed by atoms with van der Waals surface area (Å²) in [6.45, 7) is 6.52. The molecule has 0 bridgehead atoms. The minimum atomic E-state index is 0.700. The first-order chi connectivity index (χ1) is 16.6. The normalized spacial score (nSPS) is 11.6. The van der Waals surface area contributed by atoms with Gasteiger partial charge in [-0.15, -0.1) is 0 Å². The molecule has 0 aliphatic carbocycles. The topological polar surface area (TPSA) is 29.3 Å². The number of benzene rings is 4. The monoisotopic (exact) mass is 465 g/mol. The van der Waals surface area contributed by atoms with Crippen molar-refractivity contribution in [1.82, 2.24) is 4.57 Å². The Morgan fingerprint density at radius 2 is 1.68 bits per heavy atom. The fraction of sp³-hybridized carbons (Fsp3) is 0.167. The zero-order valence-corrected chi connectivity index (χ0v) is 20.3. The zero-order chi connectivity index (χ0) is 23.5. The van der Waals surface area contributed by atoms with Crippen molar-refractivity contribution in [1.29, 1.82) is 0 Å². The second kappa shape index (κ2) is 9.74. The summed E-state index contributed by atoms with van der Waals surface area (Å²) in [5, 5.41) is 8.06. The van der Waals surface area contributed by atoms with E-state index in [0.29, 0.717) is 6.54 Å². The molecule has 4 aromatic carbocycles. The van der Waals surface area contributed by atoms with Gasteiger partial charge < -0.3 is 9.88 Å². The second-order valence-corrected chi connectivity index (χ2v) is 9.09. The van der Waals surface area contributed by atoms with Gasteiger partial charge in [0.2, 0.25) is 0 Å². The quantitative estimate of drug-likeness (QED) is 0.194. The van der Waals surface area contributed by atoms with E-state index in [4.69, 9.17) is 16.6 Å². The first kappa shape index (κ1) is 22.2. The summed E-state index contributed by atoms with van der Waals surface area (Å²) >= 11 is 6.47. The number of rotatable bonds is 7. The van der Waals surface area contributed by atoms with Crippen molar-refractivity contribution in [3.8, 4) is 0 Å². The minimum Gasteiger partial charge on any atom is -0.383 e. The molecule has 0 amide bonds. The fourth-order valence-electron chi connectivity index (χ4n) is 4.58. The fourth-order valence-corrected chi connectivity index (χ4v) is 4.77. The van der Waals surface area contributed by atoms with Crippen LogP contribution < -0.4 is 5.32 Å². The van der Waals surface area contributed by atoms with Crippen molar-refractivity contribution in [2.45, 2.75) is 20.4 Å². The zero-order valence-electron chi connectivity index (χ0n) is 19.6. The maximum Gasteiger partial charge on any atom is 0.0562 e. The highest BCUT2D eigenvalue weighted by molar-refractivity contribution is 6.31. The molecule has 0 saturated heterocycles. The van der Waals surface area contributed by atoms with Gasteiger partial charge in [-0.3, -0.25) is 4.99 Å². The van der Waals surface area contributed by atoms with Crippen LogP contribution in [-0.4, -0.2) is 23.9 Å². The molecule has 1 N–H and O–H groups in total. The lowest BCUT2D eigenvalue weighted by molar-refractivity contribution is 0.804. The van der Waals surface area contributed by atoms with Crippen LogP contribution in [0.2, 0.25) is 5.02 Å². The van der Waals surface area contributed by atoms with Crippen molar-refractivity contribution >= 4 is 45.2 Å². The summed E-state index contributed by atoms with van der Waals surface area (Å²) < 4.78 is 2.34. The number of aliphatic imine (C=N–C) groups is 1. The second-order valence-electron chi connectivity index (χ2n) is 8.69. The van der Waals surface area contributed by atoms with Gasteiger partial charge in [-0.1, -0.05) is 77.8 Å². The molecule has 0 atom stereocenters. The van der Waals surface area contributed by atoms with E-state index in [1.54, 1.807) is 0 Å².